The Bertz CT molecular complexity index is 1220. The molecule has 234 valence electrons. The predicted molar refractivity (Wildman–Crippen MR) is 137 cm³/mol. The van der Waals surface area contributed by atoms with E-state index in [2.05, 4.69) is 22.3 Å². The van der Waals surface area contributed by atoms with Gasteiger partial charge in [-0.15, -0.1) is 0 Å². The Morgan fingerprint density at radius 3 is 1.90 bits per heavy atom. The number of rotatable bonds is 4. The summed E-state index contributed by atoms with van der Waals surface area (Å²) < 4.78 is 65.3. The number of anilines is 1. The van der Waals surface area contributed by atoms with Gasteiger partial charge in [-0.3, -0.25) is 14.4 Å². The van der Waals surface area contributed by atoms with Crippen LogP contribution in [0.2, 0.25) is 0 Å². The van der Waals surface area contributed by atoms with Crippen LogP contribution in [0.4, 0.5) is 32.2 Å². The third-order valence-corrected chi connectivity index (χ3v) is 6.23. The van der Waals surface area contributed by atoms with Crippen molar-refractivity contribution < 1.29 is 50.9 Å². The van der Waals surface area contributed by atoms with Crippen LogP contribution >= 0.6 is 0 Å². The molecule has 17 heteroatoms. The molecule has 0 aliphatic carbocycles. The highest BCUT2D eigenvalue weighted by Gasteiger charge is 2.39. The molecule has 1 fully saturated rings. The number of hydrogen-bond donors (Lipinski definition) is 2. The van der Waals surface area contributed by atoms with E-state index in [1.165, 1.54) is 11.1 Å². The number of carboxylic acids is 2. The van der Waals surface area contributed by atoms with E-state index in [0.29, 0.717) is 0 Å². The van der Waals surface area contributed by atoms with Crippen molar-refractivity contribution in [3.63, 3.8) is 0 Å². The number of alkyl halides is 6. The van der Waals surface area contributed by atoms with Crippen molar-refractivity contribution in [3.8, 4) is 0 Å². The van der Waals surface area contributed by atoms with Crippen molar-refractivity contribution in [2.45, 2.75) is 44.6 Å². The molecule has 2 aromatic heterocycles. The molecule has 2 aliphatic heterocycles. The lowest BCUT2D eigenvalue weighted by atomic mass is 10.0. The normalized spacial score (nSPS) is 15.4. The number of halogens is 6. The first-order valence-electron chi connectivity index (χ1n) is 12.7. The number of likely N-dealkylation sites (tertiary alicyclic amines) is 1. The molecule has 1 amide bonds. The zero-order valence-corrected chi connectivity index (χ0v) is 23.2. The number of carbonyl (C=O) groups excluding carboxylic acids is 1. The minimum absolute atomic E-state index is 0.132. The van der Waals surface area contributed by atoms with Crippen LogP contribution in [0.1, 0.15) is 40.0 Å². The van der Waals surface area contributed by atoms with Gasteiger partial charge in [0.2, 0.25) is 0 Å². The molecule has 42 heavy (non-hydrogen) atoms. The molecule has 1 saturated heterocycles. The number of carbonyl (C=O) groups is 3. The van der Waals surface area contributed by atoms with Crippen molar-refractivity contribution >= 4 is 23.7 Å². The third-order valence-electron chi connectivity index (χ3n) is 6.23. The largest absolute Gasteiger partial charge is 0.490 e. The van der Waals surface area contributed by atoms with E-state index in [9.17, 15) is 31.1 Å². The van der Waals surface area contributed by atoms with E-state index < -0.39 is 24.3 Å². The van der Waals surface area contributed by atoms with Crippen molar-refractivity contribution in [2.24, 2.45) is 7.05 Å². The monoisotopic (exact) mass is 610 g/mol. The van der Waals surface area contributed by atoms with Crippen LogP contribution < -0.4 is 4.90 Å². The average molecular weight is 611 g/mol. The van der Waals surface area contributed by atoms with Crippen LogP contribution in [-0.4, -0.2) is 105 Å². The molecular formula is C25H32F6N6O5. The molecular weight excluding hydrogens is 578 g/mol. The van der Waals surface area contributed by atoms with Gasteiger partial charge in [0.1, 0.15) is 5.82 Å². The predicted octanol–water partition coefficient (Wildman–Crippen LogP) is 2.98. The van der Waals surface area contributed by atoms with Crippen LogP contribution in [0.25, 0.3) is 0 Å². The van der Waals surface area contributed by atoms with Crippen LogP contribution in [0.5, 0.6) is 0 Å². The molecule has 0 saturated carbocycles. The van der Waals surface area contributed by atoms with Crippen molar-refractivity contribution in [2.75, 3.05) is 45.2 Å². The molecule has 2 N–H and O–H groups in total. The summed E-state index contributed by atoms with van der Waals surface area (Å²) in [5.41, 5.74) is 4.35. The molecule has 0 bridgehead atoms. The van der Waals surface area contributed by atoms with Crippen LogP contribution in [0.3, 0.4) is 0 Å². The fraction of sp³-hybridized carbons (Fsp3) is 0.560. The molecule has 11 nitrogen and oxygen atoms in total. The fourth-order valence-electron chi connectivity index (χ4n) is 4.23. The molecule has 0 radical (unpaired) electrons. The van der Waals surface area contributed by atoms with E-state index in [4.69, 9.17) is 24.8 Å². The van der Waals surface area contributed by atoms with Gasteiger partial charge in [-0.25, -0.2) is 14.6 Å². The summed E-state index contributed by atoms with van der Waals surface area (Å²) in [4.78, 5) is 42.2. The molecule has 2 aromatic rings. The first kappa shape index (κ1) is 34.3. The van der Waals surface area contributed by atoms with Gasteiger partial charge in [0.25, 0.3) is 5.91 Å². The summed E-state index contributed by atoms with van der Waals surface area (Å²) in [6.45, 7) is 4.58. The molecule has 0 unspecified atom stereocenters. The van der Waals surface area contributed by atoms with Crippen molar-refractivity contribution in [1.82, 2.24) is 24.6 Å². The maximum absolute atomic E-state index is 13.1. The Morgan fingerprint density at radius 1 is 0.929 bits per heavy atom. The summed E-state index contributed by atoms with van der Waals surface area (Å²) in [6.07, 6.45) is -2.11. The fourth-order valence-corrected chi connectivity index (χ4v) is 4.23. The van der Waals surface area contributed by atoms with E-state index in [1.807, 2.05) is 41.8 Å². The maximum Gasteiger partial charge on any atom is 0.490 e. The number of nitrogens with zero attached hydrogens (tertiary/aromatic N) is 6. The summed E-state index contributed by atoms with van der Waals surface area (Å²) >= 11 is 0. The van der Waals surface area contributed by atoms with E-state index >= 15 is 0 Å². The van der Waals surface area contributed by atoms with Gasteiger partial charge in [-0.2, -0.15) is 31.4 Å². The Balaban J connectivity index is 0.000000367. The third kappa shape index (κ3) is 10.2. The topological polar surface area (TPSA) is 132 Å². The van der Waals surface area contributed by atoms with Crippen LogP contribution in [0.15, 0.2) is 18.5 Å². The van der Waals surface area contributed by atoms with Gasteiger partial charge in [-0.05, 0) is 30.9 Å². The van der Waals surface area contributed by atoms with Crippen molar-refractivity contribution in [1.29, 1.82) is 0 Å². The average Bonchev–Trinajstić information content (AvgIpc) is 3.52. The smallest absolute Gasteiger partial charge is 0.475 e. The Kier molecular flexibility index (Phi) is 11.7. The standard InChI is InChI=1S/C21H30N6O.2C2HF3O2/c1-24(2)20-18(21(28)27-8-4-5-9-27)12-17-6-10-26(11-7-19(17)23-20)15-16-13-22-25(3)14-16;2*3-2(4,5)1(6)7/h12-14H,4-11,15H2,1-3H3;2*(H,6,7). The summed E-state index contributed by atoms with van der Waals surface area (Å²) in [7, 11) is 5.90. The minimum atomic E-state index is -5.08. The van der Waals surface area contributed by atoms with E-state index in [-0.39, 0.29) is 5.91 Å². The number of hydrogen-bond acceptors (Lipinski definition) is 7. The number of aliphatic carboxylic acids is 2. The van der Waals surface area contributed by atoms with E-state index in [1.54, 1.807) is 0 Å². The Morgan fingerprint density at radius 2 is 1.45 bits per heavy atom. The first-order valence-corrected chi connectivity index (χ1v) is 12.7. The van der Waals surface area contributed by atoms with E-state index in [0.717, 1.165) is 75.5 Å². The van der Waals surface area contributed by atoms with Gasteiger partial charge in [0, 0.05) is 77.7 Å². The second kappa shape index (κ2) is 14.3. The number of aryl methyl sites for hydroxylation is 1. The Hall–Kier alpha value is -3.89. The molecule has 4 rings (SSSR count). The lowest BCUT2D eigenvalue weighted by Gasteiger charge is -2.22. The maximum atomic E-state index is 13.1. The summed E-state index contributed by atoms with van der Waals surface area (Å²) in [6, 6.07) is 2.12. The SMILES string of the molecule is CN(C)c1nc2c(cc1C(=O)N1CCCC1)CCN(Cc1cnn(C)c1)CC2.O=C(O)C(F)(F)F.O=C(O)C(F)(F)F. The molecule has 0 atom stereocenters. The zero-order chi connectivity index (χ0) is 31.8. The number of fused-ring (bicyclic) bond motifs is 1. The van der Waals surface area contributed by atoms with Gasteiger partial charge < -0.3 is 20.0 Å². The number of carboxylic acid groups (broad SMARTS) is 2. The van der Waals surface area contributed by atoms with Gasteiger partial charge in [0.15, 0.2) is 0 Å². The van der Waals surface area contributed by atoms with Gasteiger partial charge >= 0.3 is 24.3 Å². The number of pyridine rings is 1. The first-order chi connectivity index (χ1) is 19.4. The number of amides is 1. The Labute approximate surface area is 237 Å². The van der Waals surface area contributed by atoms with Gasteiger partial charge in [0.05, 0.1) is 11.8 Å². The molecule has 2 aliphatic rings. The second-order valence-corrected chi connectivity index (χ2v) is 9.76. The molecule has 0 spiro atoms. The quantitative estimate of drug-likeness (QED) is 0.502. The number of aromatic nitrogens is 3. The zero-order valence-electron chi connectivity index (χ0n) is 23.2. The van der Waals surface area contributed by atoms with Crippen LogP contribution in [-0.2, 0) is 36.0 Å². The summed E-state index contributed by atoms with van der Waals surface area (Å²) in [5, 5.41) is 18.5. The highest BCUT2D eigenvalue weighted by molar-refractivity contribution is 5.99. The lowest BCUT2D eigenvalue weighted by molar-refractivity contribution is -0.193. The van der Waals surface area contributed by atoms with Gasteiger partial charge in [-0.1, -0.05) is 0 Å². The lowest BCUT2D eigenvalue weighted by Crippen LogP contribution is -2.30. The molecule has 0 aromatic carbocycles. The van der Waals surface area contributed by atoms with Crippen molar-refractivity contribution in [3.05, 3.63) is 40.8 Å². The second-order valence-electron chi connectivity index (χ2n) is 9.76. The highest BCUT2D eigenvalue weighted by Crippen LogP contribution is 2.26. The minimum Gasteiger partial charge on any atom is -0.475 e. The highest BCUT2D eigenvalue weighted by atomic mass is 19.4. The van der Waals surface area contributed by atoms with Crippen LogP contribution in [0, 0.1) is 0 Å². The summed E-state index contributed by atoms with van der Waals surface area (Å²) in [5.74, 6) is -4.58. The molecule has 4 heterocycles.